The fourth-order valence-electron chi connectivity index (χ4n) is 3.48. The Labute approximate surface area is 209 Å². The Bertz CT molecular complexity index is 1140. The molecule has 0 spiro atoms. The maximum atomic E-state index is 12.8. The normalized spacial score (nSPS) is 17.9. The van der Waals surface area contributed by atoms with Crippen LogP contribution < -0.4 is 20.1 Å². The number of halogens is 2. The maximum absolute atomic E-state index is 12.8. The van der Waals surface area contributed by atoms with E-state index in [0.717, 1.165) is 11.3 Å². The van der Waals surface area contributed by atoms with Crippen molar-refractivity contribution in [3.8, 4) is 11.9 Å². The first-order valence-electron chi connectivity index (χ1n) is 10.00. The van der Waals surface area contributed by atoms with Gasteiger partial charge in [0, 0.05) is 34.6 Å². The van der Waals surface area contributed by atoms with Gasteiger partial charge in [-0.05, 0) is 58.2 Å². The fraction of sp³-hybridized carbons (Fsp3) is 0.333. The molecular formula is C21H23Br2N5O4S. The average molecular weight is 601 g/mol. The molecular weight excluding hydrogens is 578 g/mol. The topological polar surface area (TPSA) is 124 Å². The zero-order chi connectivity index (χ0) is 24.0. The number of ether oxygens (including phenoxy) is 1. The molecule has 0 saturated carbocycles. The Morgan fingerprint density at radius 1 is 1.21 bits per heavy atom. The van der Waals surface area contributed by atoms with Gasteiger partial charge in [0.15, 0.2) is 6.19 Å². The molecule has 1 fully saturated rings. The van der Waals surface area contributed by atoms with E-state index >= 15 is 0 Å². The van der Waals surface area contributed by atoms with Crippen LogP contribution in [0.4, 0.5) is 4.79 Å². The van der Waals surface area contributed by atoms with Crippen LogP contribution in [0.5, 0.6) is 5.75 Å². The van der Waals surface area contributed by atoms with E-state index in [1.807, 2.05) is 24.3 Å². The number of benzene rings is 2. The molecule has 0 aromatic heterocycles. The molecule has 33 heavy (non-hydrogen) atoms. The van der Waals surface area contributed by atoms with Crippen LogP contribution in [0.2, 0.25) is 0 Å². The second kappa shape index (κ2) is 11.2. The first-order valence-corrected chi connectivity index (χ1v) is 13.1. The number of methoxy groups -OCH3 is 1. The number of carbonyl (C=O) groups is 1. The number of rotatable bonds is 8. The van der Waals surface area contributed by atoms with E-state index in [9.17, 15) is 18.5 Å². The van der Waals surface area contributed by atoms with Gasteiger partial charge >= 0.3 is 6.03 Å². The number of urea groups is 1. The Balaban J connectivity index is 1.52. The van der Waals surface area contributed by atoms with E-state index in [0.29, 0.717) is 21.9 Å². The third-order valence-corrected chi connectivity index (χ3v) is 8.17. The molecule has 2 aromatic carbocycles. The zero-order valence-corrected chi connectivity index (χ0v) is 21.7. The third kappa shape index (κ3) is 6.83. The Kier molecular flexibility index (Phi) is 8.58. The minimum absolute atomic E-state index is 0.111. The highest BCUT2D eigenvalue weighted by Gasteiger charge is 2.35. The van der Waals surface area contributed by atoms with Gasteiger partial charge in [-0.25, -0.2) is 17.9 Å². The van der Waals surface area contributed by atoms with Gasteiger partial charge in [0.1, 0.15) is 5.75 Å². The summed E-state index contributed by atoms with van der Waals surface area (Å²) in [6.07, 6.45) is 2.47. The van der Waals surface area contributed by atoms with Gasteiger partial charge in [-0.15, -0.1) is 0 Å². The molecule has 1 aliphatic heterocycles. The molecule has 1 aliphatic rings. The van der Waals surface area contributed by atoms with E-state index in [4.69, 9.17) is 4.74 Å². The number of carbonyl (C=O) groups excluding carboxylic acids is 1. The van der Waals surface area contributed by atoms with Crippen LogP contribution >= 0.6 is 31.9 Å². The van der Waals surface area contributed by atoms with E-state index in [-0.39, 0.29) is 30.1 Å². The molecule has 176 valence electrons. The molecule has 2 aromatic rings. The van der Waals surface area contributed by atoms with Crippen molar-refractivity contribution in [3.63, 3.8) is 0 Å². The Morgan fingerprint density at radius 3 is 2.61 bits per heavy atom. The second-order valence-electron chi connectivity index (χ2n) is 7.45. The molecule has 0 aliphatic carbocycles. The zero-order valence-electron chi connectivity index (χ0n) is 17.7. The molecule has 3 rings (SSSR count). The number of hydrogen-bond donors (Lipinski definition) is 3. The molecule has 9 nitrogen and oxygen atoms in total. The van der Waals surface area contributed by atoms with Gasteiger partial charge in [0.25, 0.3) is 0 Å². The molecule has 0 radical (unpaired) electrons. The predicted molar refractivity (Wildman–Crippen MR) is 130 cm³/mol. The first kappa shape index (κ1) is 25.3. The van der Waals surface area contributed by atoms with Crippen molar-refractivity contribution >= 4 is 47.9 Å². The third-order valence-electron chi connectivity index (χ3n) is 5.16. The van der Waals surface area contributed by atoms with Crippen LogP contribution in [-0.4, -0.2) is 51.6 Å². The van der Waals surface area contributed by atoms with Crippen LogP contribution in [0.25, 0.3) is 0 Å². The van der Waals surface area contributed by atoms with E-state index in [2.05, 4.69) is 53.4 Å². The Hall–Kier alpha value is -2.33. The number of nitriles is 1. The molecule has 2 amide bonds. The average Bonchev–Trinajstić information content (AvgIpc) is 3.19. The molecule has 3 N–H and O–H groups in total. The summed E-state index contributed by atoms with van der Waals surface area (Å²) in [6.45, 7) is 0.772. The van der Waals surface area contributed by atoms with Crippen LogP contribution in [-0.2, 0) is 16.6 Å². The molecule has 1 heterocycles. The number of nitrogens with zero attached hydrogens (tertiary/aromatic N) is 2. The highest BCUT2D eigenvalue weighted by atomic mass is 79.9. The molecule has 1 saturated heterocycles. The summed E-state index contributed by atoms with van der Waals surface area (Å²) in [5.41, 5.74) is 0.915. The minimum atomic E-state index is -3.80. The van der Waals surface area contributed by atoms with Crippen molar-refractivity contribution in [2.24, 2.45) is 0 Å². The lowest BCUT2D eigenvalue weighted by Crippen LogP contribution is -2.42. The van der Waals surface area contributed by atoms with Crippen LogP contribution in [0, 0.1) is 11.5 Å². The van der Waals surface area contributed by atoms with Crippen LogP contribution in [0.3, 0.4) is 0 Å². The highest BCUT2D eigenvalue weighted by Crippen LogP contribution is 2.27. The molecule has 0 bridgehead atoms. The summed E-state index contributed by atoms with van der Waals surface area (Å²) >= 11 is 6.55. The summed E-state index contributed by atoms with van der Waals surface area (Å²) in [7, 11) is -2.21. The van der Waals surface area contributed by atoms with Crippen LogP contribution in [0.15, 0.2) is 56.3 Å². The summed E-state index contributed by atoms with van der Waals surface area (Å²) in [6, 6.07) is 11.1. The first-order chi connectivity index (χ1) is 15.7. The summed E-state index contributed by atoms with van der Waals surface area (Å²) in [4.78, 5) is 13.8. The van der Waals surface area contributed by atoms with E-state index in [1.54, 1.807) is 19.2 Å². The smallest absolute Gasteiger partial charge is 0.315 e. The number of amides is 2. The van der Waals surface area contributed by atoms with Gasteiger partial charge in [-0.2, -0.15) is 5.26 Å². The minimum Gasteiger partial charge on any atom is -0.497 e. The maximum Gasteiger partial charge on any atom is 0.315 e. The van der Waals surface area contributed by atoms with Gasteiger partial charge in [-0.3, -0.25) is 0 Å². The van der Waals surface area contributed by atoms with Gasteiger partial charge in [-0.1, -0.05) is 28.1 Å². The summed E-state index contributed by atoms with van der Waals surface area (Å²) in [5, 5.41) is 15.0. The molecule has 2 atom stereocenters. The fourth-order valence-corrected chi connectivity index (χ4v) is 6.22. The largest absolute Gasteiger partial charge is 0.497 e. The molecule has 0 unspecified atom stereocenters. The summed E-state index contributed by atoms with van der Waals surface area (Å²) < 4.78 is 34.5. The van der Waals surface area contributed by atoms with E-state index in [1.165, 1.54) is 11.0 Å². The van der Waals surface area contributed by atoms with Crippen molar-refractivity contribution in [1.82, 2.24) is 20.3 Å². The standard InChI is InChI=1S/C21H23Br2N5O4S/c1-32-18-5-2-14(3-6-18)10-25-21(29)26-11-17-9-16(12-28(17)13-24)27-33(30,31)20-8-15(22)4-7-19(20)23/h2-8,16-17,27H,9-12H2,1H3,(H2,25,26,29)/t16-,17-/m1/s1. The Morgan fingerprint density at radius 2 is 1.94 bits per heavy atom. The lowest BCUT2D eigenvalue weighted by Gasteiger charge is -2.18. The number of nitrogens with one attached hydrogen (secondary N) is 3. The lowest BCUT2D eigenvalue weighted by atomic mass is 10.2. The summed E-state index contributed by atoms with van der Waals surface area (Å²) in [5.74, 6) is 0.735. The van der Waals surface area contributed by atoms with Crippen molar-refractivity contribution in [1.29, 1.82) is 5.26 Å². The second-order valence-corrected chi connectivity index (χ2v) is 10.9. The van der Waals surface area contributed by atoms with Gasteiger partial charge < -0.3 is 20.3 Å². The van der Waals surface area contributed by atoms with Gasteiger partial charge in [0.05, 0.1) is 18.0 Å². The monoisotopic (exact) mass is 599 g/mol. The SMILES string of the molecule is COc1ccc(CNC(=O)NC[C@H]2C[C@@H](NS(=O)(=O)c3cc(Br)ccc3Br)CN2C#N)cc1. The van der Waals surface area contributed by atoms with Crippen molar-refractivity contribution in [2.75, 3.05) is 20.2 Å². The van der Waals surface area contributed by atoms with E-state index < -0.39 is 16.1 Å². The number of sulfonamides is 1. The van der Waals surface area contributed by atoms with Crippen molar-refractivity contribution in [2.45, 2.75) is 29.9 Å². The van der Waals surface area contributed by atoms with Crippen molar-refractivity contribution < 1.29 is 17.9 Å². The predicted octanol–water partition coefficient (Wildman–Crippen LogP) is 2.92. The quantitative estimate of drug-likeness (QED) is 0.400. The molecule has 12 heteroatoms. The van der Waals surface area contributed by atoms with Crippen LogP contribution in [0.1, 0.15) is 12.0 Å². The van der Waals surface area contributed by atoms with Crippen molar-refractivity contribution in [3.05, 3.63) is 57.0 Å². The number of likely N-dealkylation sites (tertiary alicyclic amines) is 1. The lowest BCUT2D eigenvalue weighted by molar-refractivity contribution is 0.236. The highest BCUT2D eigenvalue weighted by molar-refractivity contribution is 9.11. The van der Waals surface area contributed by atoms with Gasteiger partial charge in [0.2, 0.25) is 10.0 Å². The number of hydrogen-bond acceptors (Lipinski definition) is 6.